The standard InChI is InChI=1S/C7H8ClN3/c8-4-1-2-6(9)5(3-4)7(10)11/h1-3H,9H2,(H3,10,11). The van der Waals surface area contributed by atoms with E-state index in [0.717, 1.165) is 0 Å². The lowest BCUT2D eigenvalue weighted by Gasteiger charge is -2.02. The molecule has 0 amide bonds. The van der Waals surface area contributed by atoms with Gasteiger partial charge in [0.2, 0.25) is 0 Å². The molecular formula is C7H8ClN3. The van der Waals surface area contributed by atoms with Gasteiger partial charge < -0.3 is 11.5 Å². The molecule has 0 aliphatic heterocycles. The first-order valence-electron chi connectivity index (χ1n) is 3.00. The molecule has 11 heavy (non-hydrogen) atoms. The van der Waals surface area contributed by atoms with E-state index in [-0.39, 0.29) is 5.84 Å². The van der Waals surface area contributed by atoms with Gasteiger partial charge in [0.25, 0.3) is 0 Å². The second-order valence-corrected chi connectivity index (χ2v) is 2.58. The first kappa shape index (κ1) is 7.88. The molecule has 0 heterocycles. The van der Waals surface area contributed by atoms with Crippen LogP contribution in [-0.4, -0.2) is 5.84 Å². The van der Waals surface area contributed by atoms with E-state index in [1.165, 1.54) is 0 Å². The Morgan fingerprint density at radius 3 is 2.55 bits per heavy atom. The Kier molecular flexibility index (Phi) is 2.01. The second-order valence-electron chi connectivity index (χ2n) is 2.15. The number of hydrogen-bond donors (Lipinski definition) is 3. The van der Waals surface area contributed by atoms with Gasteiger partial charge in [-0.05, 0) is 18.2 Å². The molecule has 0 aromatic heterocycles. The smallest absolute Gasteiger partial charge is 0.124 e. The summed E-state index contributed by atoms with van der Waals surface area (Å²) in [5, 5.41) is 7.64. The molecule has 0 aliphatic carbocycles. The van der Waals surface area contributed by atoms with Gasteiger partial charge in [0, 0.05) is 16.3 Å². The zero-order chi connectivity index (χ0) is 8.43. The predicted octanol–water partition coefficient (Wildman–Crippen LogP) is 1.21. The van der Waals surface area contributed by atoms with Gasteiger partial charge in [0.05, 0.1) is 0 Å². The van der Waals surface area contributed by atoms with Gasteiger partial charge in [-0.25, -0.2) is 0 Å². The molecule has 0 saturated heterocycles. The molecule has 1 rings (SSSR count). The molecule has 1 aromatic rings. The molecule has 5 N–H and O–H groups in total. The van der Waals surface area contributed by atoms with Gasteiger partial charge in [-0.3, -0.25) is 5.41 Å². The molecular weight excluding hydrogens is 162 g/mol. The number of nitrogen functional groups attached to an aromatic ring is 2. The summed E-state index contributed by atoms with van der Waals surface area (Å²) in [5.41, 5.74) is 11.7. The van der Waals surface area contributed by atoms with Crippen LogP contribution < -0.4 is 11.5 Å². The molecule has 0 fully saturated rings. The highest BCUT2D eigenvalue weighted by atomic mass is 35.5. The van der Waals surface area contributed by atoms with Crippen molar-refractivity contribution in [3.05, 3.63) is 28.8 Å². The summed E-state index contributed by atoms with van der Waals surface area (Å²) < 4.78 is 0. The zero-order valence-electron chi connectivity index (χ0n) is 5.76. The van der Waals surface area contributed by atoms with Crippen molar-refractivity contribution >= 4 is 23.1 Å². The van der Waals surface area contributed by atoms with E-state index in [1.54, 1.807) is 18.2 Å². The third-order valence-corrected chi connectivity index (χ3v) is 1.54. The number of hydrogen-bond acceptors (Lipinski definition) is 2. The van der Waals surface area contributed by atoms with Crippen LogP contribution in [0.5, 0.6) is 0 Å². The summed E-state index contributed by atoms with van der Waals surface area (Å²) in [4.78, 5) is 0. The SMILES string of the molecule is N=C(N)c1cc(Cl)ccc1N. The van der Waals surface area contributed by atoms with Crippen molar-refractivity contribution in [2.45, 2.75) is 0 Å². The minimum absolute atomic E-state index is 0.0648. The zero-order valence-corrected chi connectivity index (χ0v) is 6.52. The van der Waals surface area contributed by atoms with Crippen LogP contribution >= 0.6 is 11.6 Å². The monoisotopic (exact) mass is 169 g/mol. The molecule has 0 saturated carbocycles. The lowest BCUT2D eigenvalue weighted by Crippen LogP contribution is -2.13. The summed E-state index contributed by atoms with van der Waals surface area (Å²) in [5.74, 6) is -0.0648. The highest BCUT2D eigenvalue weighted by Gasteiger charge is 2.01. The first-order valence-corrected chi connectivity index (χ1v) is 3.38. The maximum atomic E-state index is 7.11. The topological polar surface area (TPSA) is 75.9 Å². The van der Waals surface area contributed by atoms with Crippen molar-refractivity contribution in [1.82, 2.24) is 0 Å². The van der Waals surface area contributed by atoms with Crippen LogP contribution in [-0.2, 0) is 0 Å². The number of halogens is 1. The Labute approximate surface area is 69.5 Å². The molecule has 0 aliphatic rings. The summed E-state index contributed by atoms with van der Waals surface area (Å²) in [7, 11) is 0. The van der Waals surface area contributed by atoms with E-state index < -0.39 is 0 Å². The van der Waals surface area contributed by atoms with Crippen molar-refractivity contribution in [3.8, 4) is 0 Å². The third-order valence-electron chi connectivity index (χ3n) is 1.31. The van der Waals surface area contributed by atoms with Gasteiger partial charge in [-0.2, -0.15) is 0 Å². The molecule has 4 heteroatoms. The highest BCUT2D eigenvalue weighted by molar-refractivity contribution is 6.31. The Hall–Kier alpha value is -1.22. The fourth-order valence-corrected chi connectivity index (χ4v) is 0.934. The molecule has 0 unspecified atom stereocenters. The van der Waals surface area contributed by atoms with Crippen LogP contribution in [0.3, 0.4) is 0 Å². The molecule has 3 nitrogen and oxygen atoms in total. The molecule has 58 valence electrons. The minimum Gasteiger partial charge on any atom is -0.398 e. The van der Waals surface area contributed by atoms with Crippen LogP contribution in [0.1, 0.15) is 5.56 Å². The Balaban J connectivity index is 3.23. The van der Waals surface area contributed by atoms with Gasteiger partial charge in [-0.15, -0.1) is 0 Å². The molecule has 0 radical (unpaired) electrons. The maximum Gasteiger partial charge on any atom is 0.124 e. The van der Waals surface area contributed by atoms with E-state index in [9.17, 15) is 0 Å². The van der Waals surface area contributed by atoms with Crippen LogP contribution in [0.15, 0.2) is 18.2 Å². The highest BCUT2D eigenvalue weighted by Crippen LogP contribution is 2.16. The Morgan fingerprint density at radius 1 is 1.45 bits per heavy atom. The molecule has 0 bridgehead atoms. The van der Waals surface area contributed by atoms with Crippen LogP contribution in [0.2, 0.25) is 5.02 Å². The number of amidine groups is 1. The van der Waals surface area contributed by atoms with Gasteiger partial charge in [0.1, 0.15) is 5.84 Å². The normalized spacial score (nSPS) is 9.55. The Bertz CT molecular complexity index is 296. The number of nitrogens with two attached hydrogens (primary N) is 2. The van der Waals surface area contributed by atoms with E-state index in [4.69, 9.17) is 28.5 Å². The number of rotatable bonds is 1. The number of benzene rings is 1. The largest absolute Gasteiger partial charge is 0.398 e. The van der Waals surface area contributed by atoms with E-state index in [0.29, 0.717) is 16.3 Å². The van der Waals surface area contributed by atoms with Crippen molar-refractivity contribution in [3.63, 3.8) is 0 Å². The lowest BCUT2D eigenvalue weighted by atomic mass is 10.2. The minimum atomic E-state index is -0.0648. The summed E-state index contributed by atoms with van der Waals surface area (Å²) in [6.45, 7) is 0. The molecule has 0 spiro atoms. The van der Waals surface area contributed by atoms with Crippen LogP contribution in [0.25, 0.3) is 0 Å². The van der Waals surface area contributed by atoms with Gasteiger partial charge in [0.15, 0.2) is 0 Å². The maximum absolute atomic E-state index is 7.11. The van der Waals surface area contributed by atoms with E-state index in [1.807, 2.05) is 0 Å². The average molecular weight is 170 g/mol. The van der Waals surface area contributed by atoms with Crippen LogP contribution in [0, 0.1) is 5.41 Å². The predicted molar refractivity (Wildman–Crippen MR) is 46.9 cm³/mol. The fourth-order valence-electron chi connectivity index (χ4n) is 0.762. The summed E-state index contributed by atoms with van der Waals surface area (Å²) in [6, 6.07) is 4.85. The van der Waals surface area contributed by atoms with Crippen molar-refractivity contribution in [2.24, 2.45) is 5.73 Å². The van der Waals surface area contributed by atoms with Crippen molar-refractivity contribution < 1.29 is 0 Å². The average Bonchev–Trinajstić information content (AvgIpc) is 1.94. The second kappa shape index (κ2) is 2.80. The van der Waals surface area contributed by atoms with E-state index in [2.05, 4.69) is 0 Å². The van der Waals surface area contributed by atoms with Gasteiger partial charge in [-0.1, -0.05) is 11.6 Å². The Morgan fingerprint density at radius 2 is 2.09 bits per heavy atom. The fraction of sp³-hybridized carbons (Fsp3) is 0. The number of anilines is 1. The summed E-state index contributed by atoms with van der Waals surface area (Å²) >= 11 is 5.65. The first-order chi connectivity index (χ1) is 5.11. The quantitative estimate of drug-likeness (QED) is 0.336. The molecule has 0 atom stereocenters. The third kappa shape index (κ3) is 1.62. The molecule has 1 aromatic carbocycles. The lowest BCUT2D eigenvalue weighted by molar-refractivity contribution is 1.42. The number of nitrogens with one attached hydrogen (secondary N) is 1. The van der Waals surface area contributed by atoms with Crippen molar-refractivity contribution in [2.75, 3.05) is 5.73 Å². The van der Waals surface area contributed by atoms with E-state index >= 15 is 0 Å². The van der Waals surface area contributed by atoms with Crippen LogP contribution in [0.4, 0.5) is 5.69 Å². The van der Waals surface area contributed by atoms with Gasteiger partial charge >= 0.3 is 0 Å². The summed E-state index contributed by atoms with van der Waals surface area (Å²) in [6.07, 6.45) is 0. The van der Waals surface area contributed by atoms with Crippen molar-refractivity contribution in [1.29, 1.82) is 5.41 Å².